The number of hydrogen-bond donors (Lipinski definition) is 0. The van der Waals surface area contributed by atoms with E-state index in [4.69, 9.17) is 9.47 Å². The number of tetrazole rings is 1. The molecule has 0 saturated carbocycles. The number of hydrogen-bond acceptors (Lipinski definition) is 6. The third-order valence-corrected chi connectivity index (χ3v) is 4.56. The van der Waals surface area contributed by atoms with Gasteiger partial charge in [-0.3, -0.25) is 0 Å². The van der Waals surface area contributed by atoms with Crippen LogP contribution in [-0.2, 0) is 0 Å². The van der Waals surface area contributed by atoms with Gasteiger partial charge in [0.05, 0.1) is 19.4 Å². The zero-order valence-corrected chi connectivity index (χ0v) is 15.3. The molecule has 0 aliphatic carbocycles. The highest BCUT2D eigenvalue weighted by Crippen LogP contribution is 2.22. The van der Waals surface area contributed by atoms with Gasteiger partial charge < -0.3 is 9.47 Å². The second-order valence-electron chi connectivity index (χ2n) is 5.54. The number of rotatable bonds is 7. The van der Waals surface area contributed by atoms with Crippen molar-refractivity contribution in [2.75, 3.05) is 19.5 Å². The molecule has 25 heavy (non-hydrogen) atoms. The molecule has 0 fully saturated rings. The number of thioether (sulfide) groups is 1. The Labute approximate surface area is 151 Å². The molecule has 1 heterocycles. The van der Waals surface area contributed by atoms with Crippen molar-refractivity contribution in [3.05, 3.63) is 53.6 Å². The Hall–Kier alpha value is -2.54. The number of benzene rings is 2. The monoisotopic (exact) mass is 356 g/mol. The van der Waals surface area contributed by atoms with Gasteiger partial charge in [-0.05, 0) is 65.7 Å². The van der Waals surface area contributed by atoms with E-state index >= 15 is 0 Å². The Balaban J connectivity index is 1.59. The van der Waals surface area contributed by atoms with Gasteiger partial charge in [-0.2, -0.15) is 4.68 Å². The SMILES string of the molecule is COc1ccc(-n2nnnc2SCCOc2cc(C)ccc2C)cc1. The van der Waals surface area contributed by atoms with E-state index in [0.29, 0.717) is 6.61 Å². The first-order valence-electron chi connectivity index (χ1n) is 7.93. The van der Waals surface area contributed by atoms with E-state index in [0.717, 1.165) is 33.7 Å². The molecule has 0 amide bonds. The molecule has 7 heteroatoms. The van der Waals surface area contributed by atoms with Gasteiger partial charge >= 0.3 is 0 Å². The number of methoxy groups -OCH3 is 1. The first-order chi connectivity index (χ1) is 12.2. The molecule has 0 atom stereocenters. The van der Waals surface area contributed by atoms with Crippen LogP contribution in [0.25, 0.3) is 5.69 Å². The van der Waals surface area contributed by atoms with Crippen LogP contribution in [0.15, 0.2) is 47.6 Å². The summed E-state index contributed by atoms with van der Waals surface area (Å²) in [5.74, 6) is 2.48. The summed E-state index contributed by atoms with van der Waals surface area (Å²) in [6.45, 7) is 4.70. The molecule has 0 bridgehead atoms. The third kappa shape index (κ3) is 4.30. The van der Waals surface area contributed by atoms with Crippen LogP contribution < -0.4 is 9.47 Å². The fourth-order valence-electron chi connectivity index (χ4n) is 2.30. The summed E-state index contributed by atoms with van der Waals surface area (Å²) in [4.78, 5) is 0. The zero-order valence-electron chi connectivity index (χ0n) is 14.5. The van der Waals surface area contributed by atoms with Gasteiger partial charge in [0, 0.05) is 5.75 Å². The summed E-state index contributed by atoms with van der Waals surface area (Å²) in [5, 5.41) is 12.7. The highest BCUT2D eigenvalue weighted by Gasteiger charge is 2.09. The summed E-state index contributed by atoms with van der Waals surface area (Å²) in [6.07, 6.45) is 0. The average molecular weight is 356 g/mol. The molecule has 0 spiro atoms. The first kappa shape index (κ1) is 17.3. The summed E-state index contributed by atoms with van der Waals surface area (Å²) in [5.41, 5.74) is 3.22. The van der Waals surface area contributed by atoms with Crippen LogP contribution >= 0.6 is 11.8 Å². The molecule has 0 aliphatic heterocycles. The lowest BCUT2D eigenvalue weighted by atomic mass is 10.1. The molecule has 130 valence electrons. The van der Waals surface area contributed by atoms with Crippen molar-refractivity contribution in [2.45, 2.75) is 19.0 Å². The maximum atomic E-state index is 5.88. The van der Waals surface area contributed by atoms with Gasteiger partial charge in [0.2, 0.25) is 5.16 Å². The number of ether oxygens (including phenoxy) is 2. The third-order valence-electron chi connectivity index (χ3n) is 3.67. The maximum absolute atomic E-state index is 5.88. The quantitative estimate of drug-likeness (QED) is 0.477. The van der Waals surface area contributed by atoms with Crippen molar-refractivity contribution in [3.63, 3.8) is 0 Å². The molecule has 6 nitrogen and oxygen atoms in total. The molecule has 0 unspecified atom stereocenters. The average Bonchev–Trinajstić information content (AvgIpc) is 3.10. The molecule has 2 aromatic carbocycles. The summed E-state index contributed by atoms with van der Waals surface area (Å²) < 4.78 is 12.8. The molecule has 3 aromatic rings. The Morgan fingerprint density at radius 2 is 1.88 bits per heavy atom. The van der Waals surface area contributed by atoms with Gasteiger partial charge in [0.25, 0.3) is 0 Å². The van der Waals surface area contributed by atoms with Gasteiger partial charge in [0.15, 0.2) is 0 Å². The Morgan fingerprint density at radius 1 is 1.08 bits per heavy atom. The van der Waals surface area contributed by atoms with Crippen LogP contribution in [0.4, 0.5) is 0 Å². The summed E-state index contributed by atoms with van der Waals surface area (Å²) >= 11 is 1.56. The van der Waals surface area contributed by atoms with Crippen molar-refractivity contribution >= 4 is 11.8 Å². The minimum atomic E-state index is 0.588. The summed E-state index contributed by atoms with van der Waals surface area (Å²) in [7, 11) is 1.64. The van der Waals surface area contributed by atoms with Gasteiger partial charge in [-0.25, -0.2) is 0 Å². The lowest BCUT2D eigenvalue weighted by Crippen LogP contribution is -2.04. The standard InChI is InChI=1S/C18H20N4O2S/c1-13-4-5-14(2)17(12-13)24-10-11-25-18-19-20-21-22(18)15-6-8-16(23-3)9-7-15/h4-9,12H,10-11H2,1-3H3. The zero-order chi connectivity index (χ0) is 17.6. The predicted molar refractivity (Wildman–Crippen MR) is 97.8 cm³/mol. The molecule has 0 aliphatic rings. The summed E-state index contributed by atoms with van der Waals surface area (Å²) in [6, 6.07) is 13.8. The molecule has 0 saturated heterocycles. The highest BCUT2D eigenvalue weighted by molar-refractivity contribution is 7.99. The number of aromatic nitrogens is 4. The maximum Gasteiger partial charge on any atom is 0.214 e. The van der Waals surface area contributed by atoms with Crippen molar-refractivity contribution in [3.8, 4) is 17.2 Å². The number of aryl methyl sites for hydroxylation is 2. The smallest absolute Gasteiger partial charge is 0.214 e. The van der Waals surface area contributed by atoms with Crippen molar-refractivity contribution in [1.82, 2.24) is 20.2 Å². The minimum Gasteiger partial charge on any atom is -0.497 e. The largest absolute Gasteiger partial charge is 0.497 e. The van der Waals surface area contributed by atoms with E-state index in [-0.39, 0.29) is 0 Å². The Bertz CT molecular complexity index is 833. The van der Waals surface area contributed by atoms with E-state index in [1.165, 1.54) is 5.56 Å². The van der Waals surface area contributed by atoms with E-state index < -0.39 is 0 Å². The van der Waals surface area contributed by atoms with Gasteiger partial charge in [-0.15, -0.1) is 5.10 Å². The van der Waals surface area contributed by atoms with Crippen LogP contribution in [0, 0.1) is 13.8 Å². The van der Waals surface area contributed by atoms with Crippen molar-refractivity contribution < 1.29 is 9.47 Å². The topological polar surface area (TPSA) is 62.1 Å². The van der Waals surface area contributed by atoms with Crippen LogP contribution in [-0.4, -0.2) is 39.7 Å². The second-order valence-corrected chi connectivity index (χ2v) is 6.60. The van der Waals surface area contributed by atoms with Crippen LogP contribution in [0.2, 0.25) is 0 Å². The molecule has 3 rings (SSSR count). The molecular formula is C18H20N4O2S. The van der Waals surface area contributed by atoms with Crippen LogP contribution in [0.3, 0.4) is 0 Å². The van der Waals surface area contributed by atoms with E-state index in [2.05, 4.69) is 40.6 Å². The Kier molecular flexibility index (Phi) is 5.55. The number of nitrogens with zero attached hydrogens (tertiary/aromatic N) is 4. The Morgan fingerprint density at radius 3 is 2.64 bits per heavy atom. The van der Waals surface area contributed by atoms with E-state index in [1.54, 1.807) is 23.6 Å². The molecule has 0 radical (unpaired) electrons. The lowest BCUT2D eigenvalue weighted by molar-refractivity contribution is 0.341. The van der Waals surface area contributed by atoms with E-state index in [1.807, 2.05) is 31.2 Å². The van der Waals surface area contributed by atoms with E-state index in [9.17, 15) is 0 Å². The molecule has 0 N–H and O–H groups in total. The molecule has 1 aromatic heterocycles. The van der Waals surface area contributed by atoms with Crippen molar-refractivity contribution in [1.29, 1.82) is 0 Å². The van der Waals surface area contributed by atoms with Gasteiger partial charge in [0.1, 0.15) is 11.5 Å². The second kappa shape index (κ2) is 8.02. The minimum absolute atomic E-state index is 0.588. The highest BCUT2D eigenvalue weighted by atomic mass is 32.2. The predicted octanol–water partition coefficient (Wildman–Crippen LogP) is 3.46. The normalized spacial score (nSPS) is 10.7. The fourth-order valence-corrected chi connectivity index (χ4v) is 3.01. The van der Waals surface area contributed by atoms with Crippen LogP contribution in [0.5, 0.6) is 11.5 Å². The fraction of sp³-hybridized carbons (Fsp3) is 0.278. The van der Waals surface area contributed by atoms with Crippen LogP contribution in [0.1, 0.15) is 11.1 Å². The van der Waals surface area contributed by atoms with Crippen molar-refractivity contribution in [2.24, 2.45) is 0 Å². The first-order valence-corrected chi connectivity index (χ1v) is 8.91. The lowest BCUT2D eigenvalue weighted by Gasteiger charge is -2.10. The van der Waals surface area contributed by atoms with Gasteiger partial charge in [-0.1, -0.05) is 23.9 Å². The molecular weight excluding hydrogens is 336 g/mol.